The van der Waals surface area contributed by atoms with Crippen LogP contribution in [0.1, 0.15) is 16.7 Å². The predicted molar refractivity (Wildman–Crippen MR) is 78.9 cm³/mol. The molecule has 0 spiro atoms. The molecule has 0 saturated carbocycles. The molecule has 0 unspecified atom stereocenters. The topological polar surface area (TPSA) is 37.4 Å². The van der Waals surface area contributed by atoms with Crippen molar-refractivity contribution in [1.29, 1.82) is 0 Å². The van der Waals surface area contributed by atoms with Gasteiger partial charge in [-0.1, -0.05) is 42.5 Å². The van der Waals surface area contributed by atoms with Crippen molar-refractivity contribution in [1.82, 2.24) is 4.31 Å². The van der Waals surface area contributed by atoms with Crippen molar-refractivity contribution in [2.24, 2.45) is 0 Å². The quantitative estimate of drug-likeness (QED) is 0.851. The number of fused-ring (bicyclic) bond motifs is 1. The lowest BCUT2D eigenvalue weighted by Crippen LogP contribution is -2.36. The fraction of sp³-hybridized carbons (Fsp3) is 0.250. The number of nitrogens with zero attached hydrogens (tertiary/aromatic N) is 1. The highest BCUT2D eigenvalue weighted by Crippen LogP contribution is 2.26. The Morgan fingerprint density at radius 3 is 2.35 bits per heavy atom. The number of benzene rings is 2. The van der Waals surface area contributed by atoms with Crippen LogP contribution < -0.4 is 0 Å². The Kier molecular flexibility index (Phi) is 3.36. The molecule has 0 fully saturated rings. The van der Waals surface area contributed by atoms with Gasteiger partial charge in [-0.05, 0) is 36.1 Å². The van der Waals surface area contributed by atoms with Crippen LogP contribution in [0.4, 0.5) is 0 Å². The molecule has 0 aliphatic carbocycles. The molecule has 104 valence electrons. The molecular formula is C16H17NO2S. The van der Waals surface area contributed by atoms with E-state index in [1.54, 1.807) is 16.4 Å². The number of hydrogen-bond donors (Lipinski definition) is 0. The molecular weight excluding hydrogens is 270 g/mol. The molecule has 0 amide bonds. The average Bonchev–Trinajstić information content (AvgIpc) is 2.47. The zero-order chi connectivity index (χ0) is 14.2. The molecule has 0 saturated heterocycles. The van der Waals surface area contributed by atoms with Gasteiger partial charge in [0.15, 0.2) is 0 Å². The van der Waals surface area contributed by atoms with E-state index in [2.05, 4.69) is 6.07 Å². The van der Waals surface area contributed by atoms with Gasteiger partial charge >= 0.3 is 0 Å². The Morgan fingerprint density at radius 1 is 0.950 bits per heavy atom. The van der Waals surface area contributed by atoms with Crippen LogP contribution in [0, 0.1) is 6.92 Å². The Bertz CT molecular complexity index is 738. The maximum atomic E-state index is 12.7. The van der Waals surface area contributed by atoms with Crippen LogP contribution in [0.5, 0.6) is 0 Å². The summed E-state index contributed by atoms with van der Waals surface area (Å²) >= 11 is 0. The van der Waals surface area contributed by atoms with Crippen LogP contribution in [-0.2, 0) is 23.0 Å². The van der Waals surface area contributed by atoms with E-state index in [-0.39, 0.29) is 0 Å². The lowest BCUT2D eigenvalue weighted by atomic mass is 10.0. The first-order valence-electron chi connectivity index (χ1n) is 6.71. The molecule has 0 atom stereocenters. The highest BCUT2D eigenvalue weighted by atomic mass is 32.2. The summed E-state index contributed by atoms with van der Waals surface area (Å²) in [5.74, 6) is 0. The molecule has 0 N–H and O–H groups in total. The van der Waals surface area contributed by atoms with Crippen molar-refractivity contribution in [2.75, 3.05) is 6.54 Å². The van der Waals surface area contributed by atoms with Gasteiger partial charge in [-0.2, -0.15) is 4.31 Å². The first-order chi connectivity index (χ1) is 9.59. The largest absolute Gasteiger partial charge is 0.243 e. The molecule has 20 heavy (non-hydrogen) atoms. The van der Waals surface area contributed by atoms with Crippen LogP contribution in [0.25, 0.3) is 0 Å². The van der Waals surface area contributed by atoms with Gasteiger partial charge in [0.1, 0.15) is 0 Å². The number of hydrogen-bond acceptors (Lipinski definition) is 2. The third kappa shape index (κ3) is 2.25. The second-order valence-electron chi connectivity index (χ2n) is 5.12. The van der Waals surface area contributed by atoms with Crippen molar-refractivity contribution in [3.63, 3.8) is 0 Å². The van der Waals surface area contributed by atoms with E-state index < -0.39 is 10.0 Å². The van der Waals surface area contributed by atoms with Gasteiger partial charge in [-0.25, -0.2) is 8.42 Å². The van der Waals surface area contributed by atoms with Gasteiger partial charge in [0.25, 0.3) is 0 Å². The fourth-order valence-corrected chi connectivity index (χ4v) is 4.30. The van der Waals surface area contributed by atoms with E-state index in [4.69, 9.17) is 0 Å². The summed E-state index contributed by atoms with van der Waals surface area (Å²) in [5.41, 5.74) is 3.16. The maximum Gasteiger partial charge on any atom is 0.243 e. The first-order valence-corrected chi connectivity index (χ1v) is 8.15. The second kappa shape index (κ2) is 5.04. The van der Waals surface area contributed by atoms with Crippen molar-refractivity contribution >= 4 is 10.0 Å². The Morgan fingerprint density at radius 2 is 1.60 bits per heavy atom. The summed E-state index contributed by atoms with van der Waals surface area (Å²) in [7, 11) is -3.40. The molecule has 3 rings (SSSR count). The molecule has 3 nitrogen and oxygen atoms in total. The van der Waals surface area contributed by atoms with Crippen LogP contribution in [0.15, 0.2) is 53.4 Å². The van der Waals surface area contributed by atoms with Crippen LogP contribution in [0.3, 0.4) is 0 Å². The molecule has 2 aromatic carbocycles. The van der Waals surface area contributed by atoms with Crippen LogP contribution >= 0.6 is 0 Å². The second-order valence-corrected chi connectivity index (χ2v) is 7.03. The molecule has 0 aromatic heterocycles. The Balaban J connectivity index is 1.97. The monoisotopic (exact) mass is 287 g/mol. The summed E-state index contributed by atoms with van der Waals surface area (Å²) < 4.78 is 27.1. The summed E-state index contributed by atoms with van der Waals surface area (Å²) in [5, 5.41) is 0. The Labute approximate surface area is 119 Å². The van der Waals surface area contributed by atoms with Crippen molar-refractivity contribution < 1.29 is 8.42 Å². The summed E-state index contributed by atoms with van der Waals surface area (Å²) in [6.45, 7) is 2.85. The molecule has 4 heteroatoms. The number of aryl methyl sites for hydroxylation is 1. The van der Waals surface area contributed by atoms with Crippen molar-refractivity contribution in [3.05, 3.63) is 65.2 Å². The minimum Gasteiger partial charge on any atom is -0.207 e. The maximum absolute atomic E-state index is 12.7. The minimum absolute atomic E-state index is 0.416. The standard InChI is InChI=1S/C16H17NO2S/c1-13-6-2-5-9-16(13)20(18,19)17-11-10-14-7-3-4-8-15(14)12-17/h2-9H,10-12H2,1H3. The van der Waals surface area contributed by atoms with E-state index in [1.165, 1.54) is 5.56 Å². The molecule has 0 radical (unpaired) electrons. The molecule has 1 aliphatic rings. The van der Waals surface area contributed by atoms with Gasteiger partial charge in [0.2, 0.25) is 10.0 Å². The van der Waals surface area contributed by atoms with Crippen LogP contribution in [-0.4, -0.2) is 19.3 Å². The third-order valence-electron chi connectivity index (χ3n) is 3.81. The lowest BCUT2D eigenvalue weighted by molar-refractivity contribution is 0.391. The summed E-state index contributed by atoms with van der Waals surface area (Å²) in [4.78, 5) is 0.416. The molecule has 2 aromatic rings. The van der Waals surface area contributed by atoms with E-state index >= 15 is 0 Å². The zero-order valence-electron chi connectivity index (χ0n) is 11.4. The van der Waals surface area contributed by atoms with Gasteiger partial charge in [0.05, 0.1) is 4.90 Å². The molecule has 0 bridgehead atoms. The lowest BCUT2D eigenvalue weighted by Gasteiger charge is -2.28. The van der Waals surface area contributed by atoms with Gasteiger partial charge in [-0.3, -0.25) is 0 Å². The van der Waals surface area contributed by atoms with Crippen LogP contribution in [0.2, 0.25) is 0 Å². The van der Waals surface area contributed by atoms with Gasteiger partial charge in [-0.15, -0.1) is 0 Å². The molecule has 1 heterocycles. The first kappa shape index (κ1) is 13.3. The van der Waals surface area contributed by atoms with Gasteiger partial charge in [0, 0.05) is 13.1 Å². The minimum atomic E-state index is -3.40. The third-order valence-corrected chi connectivity index (χ3v) is 5.81. The highest BCUT2D eigenvalue weighted by molar-refractivity contribution is 7.89. The Hall–Kier alpha value is -1.65. The molecule has 1 aliphatic heterocycles. The van der Waals surface area contributed by atoms with E-state index in [0.717, 1.165) is 17.5 Å². The van der Waals surface area contributed by atoms with E-state index in [0.29, 0.717) is 18.0 Å². The fourth-order valence-electron chi connectivity index (χ4n) is 2.66. The van der Waals surface area contributed by atoms with E-state index in [1.807, 2.05) is 37.3 Å². The number of sulfonamides is 1. The van der Waals surface area contributed by atoms with Crippen molar-refractivity contribution in [2.45, 2.75) is 24.8 Å². The summed E-state index contributed by atoms with van der Waals surface area (Å²) in [6, 6.07) is 15.2. The summed E-state index contributed by atoms with van der Waals surface area (Å²) in [6.07, 6.45) is 0.779. The predicted octanol–water partition coefficient (Wildman–Crippen LogP) is 2.74. The highest BCUT2D eigenvalue weighted by Gasteiger charge is 2.28. The number of rotatable bonds is 2. The SMILES string of the molecule is Cc1ccccc1S(=O)(=O)N1CCc2ccccc2C1. The van der Waals surface area contributed by atoms with Crippen molar-refractivity contribution in [3.8, 4) is 0 Å². The zero-order valence-corrected chi connectivity index (χ0v) is 12.2. The van der Waals surface area contributed by atoms with E-state index in [9.17, 15) is 8.42 Å². The van der Waals surface area contributed by atoms with Gasteiger partial charge < -0.3 is 0 Å². The smallest absolute Gasteiger partial charge is 0.207 e. The normalized spacial score (nSPS) is 15.8. The average molecular weight is 287 g/mol.